The molecule has 0 fully saturated rings. The highest BCUT2D eigenvalue weighted by Crippen LogP contribution is 2.16. The van der Waals surface area contributed by atoms with E-state index in [1.54, 1.807) is 0 Å². The Morgan fingerprint density at radius 3 is 2.96 bits per heavy atom. The molecular formula is C19H19FN4O. The first-order valence-electron chi connectivity index (χ1n) is 8.18. The molecule has 0 bridgehead atoms. The van der Waals surface area contributed by atoms with Gasteiger partial charge in [0.05, 0.1) is 17.2 Å². The fourth-order valence-corrected chi connectivity index (χ4v) is 2.72. The van der Waals surface area contributed by atoms with Crippen molar-refractivity contribution in [2.24, 2.45) is 0 Å². The first kappa shape index (κ1) is 16.8. The van der Waals surface area contributed by atoms with E-state index in [0.29, 0.717) is 18.5 Å². The average Bonchev–Trinajstić information content (AvgIpc) is 2.97. The monoisotopic (exact) mass is 338 g/mol. The van der Waals surface area contributed by atoms with E-state index in [4.69, 9.17) is 0 Å². The lowest BCUT2D eigenvalue weighted by Crippen LogP contribution is -2.24. The summed E-state index contributed by atoms with van der Waals surface area (Å²) in [7, 11) is 0. The number of rotatable bonds is 6. The van der Waals surface area contributed by atoms with Crippen LogP contribution in [0.25, 0.3) is 17.1 Å². The molecule has 0 radical (unpaired) electrons. The molecule has 3 rings (SSSR count). The Labute approximate surface area is 145 Å². The number of nitrogens with one attached hydrogen (secondary N) is 1. The van der Waals surface area contributed by atoms with Crippen LogP contribution >= 0.6 is 0 Å². The van der Waals surface area contributed by atoms with Gasteiger partial charge in [0.2, 0.25) is 5.91 Å². The van der Waals surface area contributed by atoms with Crippen LogP contribution in [0, 0.1) is 5.82 Å². The van der Waals surface area contributed by atoms with E-state index in [-0.39, 0.29) is 5.91 Å². The van der Waals surface area contributed by atoms with Crippen LogP contribution in [0.3, 0.4) is 0 Å². The van der Waals surface area contributed by atoms with Gasteiger partial charge in [-0.1, -0.05) is 12.1 Å². The number of nitrogens with zero attached hydrogens (tertiary/aromatic N) is 3. The second-order valence-electron chi connectivity index (χ2n) is 5.57. The predicted molar refractivity (Wildman–Crippen MR) is 95.3 cm³/mol. The Balaban J connectivity index is 1.58. The van der Waals surface area contributed by atoms with E-state index >= 15 is 0 Å². The number of halogens is 1. The normalized spacial score (nSPS) is 11.3. The molecule has 0 atom stereocenters. The highest BCUT2D eigenvalue weighted by Gasteiger charge is 2.08. The van der Waals surface area contributed by atoms with Crippen molar-refractivity contribution in [2.75, 3.05) is 6.54 Å². The Morgan fingerprint density at radius 1 is 1.32 bits per heavy atom. The standard InChI is InChI=1S/C19H19FN4O/c1-2-24-17-6-4-3-5-16(17)23-18(24)9-10-22-19(25)8-7-14-11-15(20)13-21-12-14/h3-8,11-13H,2,9-10H2,1H3,(H,22,25). The molecule has 2 aromatic heterocycles. The Kier molecular flexibility index (Phi) is 5.18. The molecule has 3 aromatic rings. The van der Waals surface area contributed by atoms with Crippen LogP contribution < -0.4 is 5.32 Å². The zero-order valence-corrected chi connectivity index (χ0v) is 13.9. The average molecular weight is 338 g/mol. The smallest absolute Gasteiger partial charge is 0.244 e. The van der Waals surface area contributed by atoms with E-state index in [0.717, 1.165) is 29.6 Å². The number of aryl methyl sites for hydroxylation is 1. The second kappa shape index (κ2) is 7.70. The maximum Gasteiger partial charge on any atom is 0.244 e. The number of para-hydroxylation sites is 2. The molecule has 0 aliphatic carbocycles. The van der Waals surface area contributed by atoms with Crippen LogP contribution in [-0.4, -0.2) is 27.0 Å². The van der Waals surface area contributed by atoms with Crippen molar-refractivity contribution in [3.05, 3.63) is 66.0 Å². The Bertz CT molecular complexity index is 917. The molecule has 25 heavy (non-hydrogen) atoms. The number of pyridine rings is 1. The molecule has 6 heteroatoms. The molecule has 0 aliphatic heterocycles. The lowest BCUT2D eigenvalue weighted by Gasteiger charge is -2.06. The number of hydrogen-bond acceptors (Lipinski definition) is 3. The highest BCUT2D eigenvalue weighted by molar-refractivity contribution is 5.91. The fourth-order valence-electron chi connectivity index (χ4n) is 2.72. The van der Waals surface area contributed by atoms with Crippen LogP contribution in [-0.2, 0) is 17.8 Å². The second-order valence-corrected chi connectivity index (χ2v) is 5.57. The lowest BCUT2D eigenvalue weighted by molar-refractivity contribution is -0.116. The summed E-state index contributed by atoms with van der Waals surface area (Å²) in [4.78, 5) is 20.2. The van der Waals surface area contributed by atoms with Gasteiger partial charge in [-0.2, -0.15) is 0 Å². The van der Waals surface area contributed by atoms with Crippen molar-refractivity contribution in [3.8, 4) is 0 Å². The lowest BCUT2D eigenvalue weighted by atomic mass is 10.2. The minimum absolute atomic E-state index is 0.233. The molecular weight excluding hydrogens is 319 g/mol. The maximum atomic E-state index is 13.0. The summed E-state index contributed by atoms with van der Waals surface area (Å²) >= 11 is 0. The summed E-state index contributed by atoms with van der Waals surface area (Å²) in [5.41, 5.74) is 2.61. The van der Waals surface area contributed by atoms with Crippen LogP contribution in [0.4, 0.5) is 4.39 Å². The summed E-state index contributed by atoms with van der Waals surface area (Å²) in [5, 5.41) is 2.82. The molecule has 0 unspecified atom stereocenters. The van der Waals surface area contributed by atoms with Gasteiger partial charge < -0.3 is 9.88 Å². The van der Waals surface area contributed by atoms with Gasteiger partial charge in [-0.15, -0.1) is 0 Å². The Morgan fingerprint density at radius 2 is 2.16 bits per heavy atom. The van der Waals surface area contributed by atoms with Crippen molar-refractivity contribution < 1.29 is 9.18 Å². The van der Waals surface area contributed by atoms with Crippen molar-refractivity contribution in [2.45, 2.75) is 19.9 Å². The number of aromatic nitrogens is 3. The van der Waals surface area contributed by atoms with E-state index in [9.17, 15) is 9.18 Å². The number of imidazole rings is 1. The topological polar surface area (TPSA) is 59.8 Å². The van der Waals surface area contributed by atoms with Gasteiger partial charge in [-0.3, -0.25) is 9.78 Å². The van der Waals surface area contributed by atoms with Gasteiger partial charge in [0.1, 0.15) is 11.6 Å². The third-order valence-electron chi connectivity index (χ3n) is 3.85. The van der Waals surface area contributed by atoms with E-state index < -0.39 is 5.82 Å². The van der Waals surface area contributed by atoms with Gasteiger partial charge >= 0.3 is 0 Å². The molecule has 0 spiro atoms. The van der Waals surface area contributed by atoms with Gasteiger partial charge in [0.25, 0.3) is 0 Å². The summed E-state index contributed by atoms with van der Waals surface area (Å²) in [6, 6.07) is 9.31. The van der Waals surface area contributed by atoms with Crippen molar-refractivity contribution in [1.29, 1.82) is 0 Å². The molecule has 1 N–H and O–H groups in total. The van der Waals surface area contributed by atoms with Crippen LogP contribution in [0.5, 0.6) is 0 Å². The molecule has 0 saturated carbocycles. The van der Waals surface area contributed by atoms with Gasteiger partial charge in [0, 0.05) is 31.8 Å². The third kappa shape index (κ3) is 4.09. The van der Waals surface area contributed by atoms with Gasteiger partial charge in [-0.25, -0.2) is 9.37 Å². The molecule has 128 valence electrons. The molecule has 1 amide bonds. The number of amides is 1. The number of carbonyl (C=O) groups excluding carboxylic acids is 1. The predicted octanol–water partition coefficient (Wildman–Crippen LogP) is 2.96. The summed E-state index contributed by atoms with van der Waals surface area (Å²) in [5.74, 6) is 0.284. The molecule has 2 heterocycles. The third-order valence-corrected chi connectivity index (χ3v) is 3.85. The highest BCUT2D eigenvalue weighted by atomic mass is 19.1. The van der Waals surface area contributed by atoms with E-state index in [1.165, 1.54) is 24.4 Å². The van der Waals surface area contributed by atoms with Crippen molar-refractivity contribution in [3.63, 3.8) is 0 Å². The largest absolute Gasteiger partial charge is 0.352 e. The molecule has 5 nitrogen and oxygen atoms in total. The number of benzene rings is 1. The first-order valence-corrected chi connectivity index (χ1v) is 8.18. The van der Waals surface area contributed by atoms with Crippen molar-refractivity contribution in [1.82, 2.24) is 19.9 Å². The van der Waals surface area contributed by atoms with Gasteiger partial charge in [-0.05, 0) is 36.8 Å². The number of carbonyl (C=O) groups is 1. The zero-order valence-electron chi connectivity index (χ0n) is 13.9. The van der Waals surface area contributed by atoms with Crippen LogP contribution in [0.15, 0.2) is 48.8 Å². The summed E-state index contributed by atoms with van der Waals surface area (Å²) < 4.78 is 15.2. The van der Waals surface area contributed by atoms with Crippen LogP contribution in [0.1, 0.15) is 18.3 Å². The van der Waals surface area contributed by atoms with E-state index in [1.807, 2.05) is 24.3 Å². The first-order chi connectivity index (χ1) is 12.2. The fraction of sp³-hybridized carbons (Fsp3) is 0.211. The number of hydrogen-bond donors (Lipinski definition) is 1. The molecule has 0 saturated heterocycles. The van der Waals surface area contributed by atoms with Crippen LogP contribution in [0.2, 0.25) is 0 Å². The summed E-state index contributed by atoms with van der Waals surface area (Å²) in [6.45, 7) is 3.39. The number of fused-ring (bicyclic) bond motifs is 1. The Hall–Kier alpha value is -3.02. The van der Waals surface area contributed by atoms with E-state index in [2.05, 4.69) is 26.8 Å². The quantitative estimate of drug-likeness (QED) is 0.703. The van der Waals surface area contributed by atoms with Gasteiger partial charge in [0.15, 0.2) is 0 Å². The minimum atomic E-state index is -0.430. The minimum Gasteiger partial charge on any atom is -0.352 e. The SMILES string of the molecule is CCn1c(CCNC(=O)C=Cc2cncc(F)c2)nc2ccccc21. The maximum absolute atomic E-state index is 13.0. The summed E-state index contributed by atoms with van der Waals surface area (Å²) in [6.07, 6.45) is 6.17. The molecule has 0 aliphatic rings. The molecule has 1 aromatic carbocycles. The zero-order chi connectivity index (χ0) is 17.6. The van der Waals surface area contributed by atoms with Crippen molar-refractivity contribution >= 4 is 23.0 Å².